The first-order chi connectivity index (χ1) is 17.8. The van der Waals surface area contributed by atoms with Crippen LogP contribution in [0.4, 0.5) is 17.1 Å². The van der Waals surface area contributed by atoms with Crippen LogP contribution in [-0.4, -0.2) is 30.3 Å². The van der Waals surface area contributed by atoms with E-state index >= 15 is 0 Å². The van der Waals surface area contributed by atoms with Gasteiger partial charge in [-0.3, -0.25) is 14.4 Å². The third kappa shape index (κ3) is 5.90. The Bertz CT molecular complexity index is 1420. The SMILES string of the molecule is CCCOC(=O)c1cccc(N2C(=O)C(Cl)=C(Nc3cccc(C(=O)Nc4ccc(Br)cc4)c3)C2=O)c1. The lowest BCUT2D eigenvalue weighted by Gasteiger charge is -2.16. The summed E-state index contributed by atoms with van der Waals surface area (Å²) in [5.74, 6) is -2.34. The van der Waals surface area contributed by atoms with E-state index in [0.717, 1.165) is 9.37 Å². The Morgan fingerprint density at radius 1 is 0.919 bits per heavy atom. The van der Waals surface area contributed by atoms with E-state index in [-0.39, 0.29) is 34.5 Å². The van der Waals surface area contributed by atoms with E-state index in [9.17, 15) is 19.2 Å². The second kappa shape index (κ2) is 11.4. The minimum atomic E-state index is -0.739. The number of esters is 1. The van der Waals surface area contributed by atoms with Crippen molar-refractivity contribution in [3.05, 3.63) is 99.1 Å². The van der Waals surface area contributed by atoms with Gasteiger partial charge in [0.15, 0.2) is 0 Å². The third-order valence-corrected chi connectivity index (χ3v) is 6.18. The zero-order valence-electron chi connectivity index (χ0n) is 19.6. The molecular weight excluding hydrogens is 562 g/mol. The number of imide groups is 1. The Morgan fingerprint density at radius 2 is 1.62 bits per heavy atom. The number of carbonyl (C=O) groups excluding carboxylic acids is 4. The van der Waals surface area contributed by atoms with Gasteiger partial charge in [0.1, 0.15) is 10.7 Å². The molecule has 1 aliphatic heterocycles. The Balaban J connectivity index is 1.51. The van der Waals surface area contributed by atoms with Crippen molar-refractivity contribution >= 4 is 68.3 Å². The molecule has 0 unspecified atom stereocenters. The van der Waals surface area contributed by atoms with Crippen LogP contribution in [0, 0.1) is 0 Å². The molecule has 1 aliphatic rings. The number of hydrogen-bond acceptors (Lipinski definition) is 6. The number of carbonyl (C=O) groups is 4. The van der Waals surface area contributed by atoms with Gasteiger partial charge in [0.05, 0.1) is 17.9 Å². The van der Waals surface area contributed by atoms with Crippen molar-refractivity contribution in [2.75, 3.05) is 22.1 Å². The molecular formula is C27H21BrClN3O5. The van der Waals surface area contributed by atoms with E-state index in [1.807, 2.05) is 6.92 Å². The second-order valence-corrected chi connectivity index (χ2v) is 9.28. The fourth-order valence-corrected chi connectivity index (χ4v) is 3.99. The van der Waals surface area contributed by atoms with Gasteiger partial charge in [-0.1, -0.05) is 46.6 Å². The van der Waals surface area contributed by atoms with Gasteiger partial charge in [-0.25, -0.2) is 9.69 Å². The smallest absolute Gasteiger partial charge is 0.338 e. The van der Waals surface area contributed by atoms with Crippen molar-refractivity contribution in [3.63, 3.8) is 0 Å². The Kier molecular flexibility index (Phi) is 8.05. The summed E-state index contributed by atoms with van der Waals surface area (Å²) in [7, 11) is 0. The summed E-state index contributed by atoms with van der Waals surface area (Å²) < 4.78 is 6.02. The summed E-state index contributed by atoms with van der Waals surface area (Å²) >= 11 is 9.59. The number of benzene rings is 3. The molecule has 0 fully saturated rings. The van der Waals surface area contributed by atoms with Crippen LogP contribution < -0.4 is 15.5 Å². The summed E-state index contributed by atoms with van der Waals surface area (Å²) in [5, 5.41) is 5.34. The maximum absolute atomic E-state index is 13.2. The molecule has 3 amide bonds. The van der Waals surface area contributed by atoms with Gasteiger partial charge < -0.3 is 15.4 Å². The molecule has 0 aliphatic carbocycles. The lowest BCUT2D eigenvalue weighted by molar-refractivity contribution is -0.120. The van der Waals surface area contributed by atoms with Crippen LogP contribution in [0.1, 0.15) is 34.1 Å². The fraction of sp³-hybridized carbons (Fsp3) is 0.111. The number of rotatable bonds is 8. The van der Waals surface area contributed by atoms with E-state index in [4.69, 9.17) is 16.3 Å². The molecule has 0 atom stereocenters. The molecule has 37 heavy (non-hydrogen) atoms. The highest BCUT2D eigenvalue weighted by atomic mass is 79.9. The third-order valence-electron chi connectivity index (χ3n) is 5.30. The maximum atomic E-state index is 13.2. The van der Waals surface area contributed by atoms with Crippen LogP contribution in [0.3, 0.4) is 0 Å². The largest absolute Gasteiger partial charge is 0.462 e. The van der Waals surface area contributed by atoms with Crippen molar-refractivity contribution < 1.29 is 23.9 Å². The maximum Gasteiger partial charge on any atom is 0.338 e. The molecule has 10 heteroatoms. The summed E-state index contributed by atoms with van der Waals surface area (Å²) in [4.78, 5) is 51.8. The second-order valence-electron chi connectivity index (χ2n) is 7.99. The molecule has 0 radical (unpaired) electrons. The van der Waals surface area contributed by atoms with Gasteiger partial charge in [0.2, 0.25) is 0 Å². The van der Waals surface area contributed by atoms with E-state index in [2.05, 4.69) is 26.6 Å². The van der Waals surface area contributed by atoms with E-state index < -0.39 is 17.8 Å². The van der Waals surface area contributed by atoms with Gasteiger partial charge >= 0.3 is 5.97 Å². The molecule has 3 aromatic rings. The molecule has 0 saturated carbocycles. The van der Waals surface area contributed by atoms with Gasteiger partial charge in [-0.05, 0) is 67.1 Å². The van der Waals surface area contributed by atoms with E-state index in [1.165, 1.54) is 24.3 Å². The van der Waals surface area contributed by atoms with Gasteiger partial charge in [0, 0.05) is 21.4 Å². The van der Waals surface area contributed by atoms with Crippen LogP contribution in [-0.2, 0) is 14.3 Å². The normalized spacial score (nSPS) is 13.1. The molecule has 188 valence electrons. The lowest BCUT2D eigenvalue weighted by Crippen LogP contribution is -2.32. The standard InChI is InChI=1S/C27H21BrClN3O5/c1-2-13-37-27(36)17-6-4-8-21(15-17)32-25(34)22(29)23(26(32)35)30-20-7-3-5-16(14-20)24(33)31-19-11-9-18(28)10-12-19/h3-12,14-15,30H,2,13H2,1H3,(H,31,33). The average Bonchev–Trinajstić information content (AvgIpc) is 3.11. The number of hydrogen-bond donors (Lipinski definition) is 2. The van der Waals surface area contributed by atoms with Crippen molar-refractivity contribution in [1.82, 2.24) is 0 Å². The molecule has 0 spiro atoms. The van der Waals surface area contributed by atoms with Crippen LogP contribution in [0.5, 0.6) is 0 Å². The minimum Gasteiger partial charge on any atom is -0.462 e. The van der Waals surface area contributed by atoms with Crippen molar-refractivity contribution in [2.24, 2.45) is 0 Å². The Labute approximate surface area is 226 Å². The van der Waals surface area contributed by atoms with Gasteiger partial charge in [-0.2, -0.15) is 0 Å². The monoisotopic (exact) mass is 581 g/mol. The highest BCUT2D eigenvalue weighted by Crippen LogP contribution is 2.31. The van der Waals surface area contributed by atoms with E-state index in [0.29, 0.717) is 23.4 Å². The van der Waals surface area contributed by atoms with Crippen LogP contribution >= 0.6 is 27.5 Å². The van der Waals surface area contributed by atoms with Gasteiger partial charge in [0.25, 0.3) is 17.7 Å². The van der Waals surface area contributed by atoms with Gasteiger partial charge in [-0.15, -0.1) is 0 Å². The summed E-state index contributed by atoms with van der Waals surface area (Å²) in [6.07, 6.45) is 0.663. The number of anilines is 3. The summed E-state index contributed by atoms with van der Waals surface area (Å²) in [6, 6.07) is 19.5. The molecule has 4 rings (SSSR count). The highest BCUT2D eigenvalue weighted by Gasteiger charge is 2.39. The Hall–Kier alpha value is -3.95. The zero-order chi connectivity index (χ0) is 26.5. The number of amides is 3. The molecule has 0 saturated heterocycles. The first kappa shape index (κ1) is 26.1. The van der Waals surface area contributed by atoms with Crippen LogP contribution in [0.15, 0.2) is 88.0 Å². The fourth-order valence-electron chi connectivity index (χ4n) is 3.51. The zero-order valence-corrected chi connectivity index (χ0v) is 21.9. The number of ether oxygens (including phenoxy) is 1. The van der Waals surface area contributed by atoms with E-state index in [1.54, 1.807) is 48.5 Å². The number of nitrogens with zero attached hydrogens (tertiary/aromatic N) is 1. The first-order valence-corrected chi connectivity index (χ1v) is 12.5. The minimum absolute atomic E-state index is 0.143. The topological polar surface area (TPSA) is 105 Å². The lowest BCUT2D eigenvalue weighted by atomic mass is 10.1. The van der Waals surface area contributed by atoms with Crippen molar-refractivity contribution in [3.8, 4) is 0 Å². The number of halogens is 2. The molecule has 2 N–H and O–H groups in total. The van der Waals surface area contributed by atoms with Crippen LogP contribution in [0.25, 0.3) is 0 Å². The summed E-state index contributed by atoms with van der Waals surface area (Å²) in [5.41, 5.74) is 1.57. The molecule has 3 aromatic carbocycles. The average molecular weight is 583 g/mol. The predicted molar refractivity (Wildman–Crippen MR) is 145 cm³/mol. The number of nitrogens with one attached hydrogen (secondary N) is 2. The van der Waals surface area contributed by atoms with Crippen molar-refractivity contribution in [1.29, 1.82) is 0 Å². The van der Waals surface area contributed by atoms with Crippen LogP contribution in [0.2, 0.25) is 0 Å². The molecule has 1 heterocycles. The highest BCUT2D eigenvalue weighted by molar-refractivity contribution is 9.10. The Morgan fingerprint density at radius 3 is 2.35 bits per heavy atom. The summed E-state index contributed by atoms with van der Waals surface area (Å²) in [6.45, 7) is 2.13. The van der Waals surface area contributed by atoms with Crippen molar-refractivity contribution in [2.45, 2.75) is 13.3 Å². The molecule has 8 nitrogen and oxygen atoms in total. The molecule has 0 aromatic heterocycles. The molecule has 0 bridgehead atoms. The quantitative estimate of drug-likeness (QED) is 0.261. The predicted octanol–water partition coefficient (Wildman–Crippen LogP) is 5.70. The first-order valence-electron chi connectivity index (χ1n) is 11.3.